The van der Waals surface area contributed by atoms with Crippen molar-refractivity contribution < 1.29 is 14.3 Å². The van der Waals surface area contributed by atoms with Crippen LogP contribution in [0.3, 0.4) is 0 Å². The summed E-state index contributed by atoms with van der Waals surface area (Å²) < 4.78 is 5.38. The second-order valence-electron chi connectivity index (χ2n) is 5.57. The van der Waals surface area contributed by atoms with Crippen molar-refractivity contribution in [3.05, 3.63) is 95.6 Å². The fourth-order valence-corrected chi connectivity index (χ4v) is 2.37. The molecule has 0 radical (unpaired) electrons. The number of anilines is 1. The highest BCUT2D eigenvalue weighted by Gasteiger charge is 2.16. The lowest BCUT2D eigenvalue weighted by Gasteiger charge is -2.12. The summed E-state index contributed by atoms with van der Waals surface area (Å²) >= 11 is 0. The summed E-state index contributed by atoms with van der Waals surface area (Å²) in [5.41, 5.74) is 2.18. The van der Waals surface area contributed by atoms with Gasteiger partial charge in [0.15, 0.2) is 0 Å². The van der Waals surface area contributed by atoms with Gasteiger partial charge in [-0.15, -0.1) is 0 Å². The number of amides is 1. The molecule has 0 aromatic heterocycles. The van der Waals surface area contributed by atoms with Gasteiger partial charge in [0.2, 0.25) is 0 Å². The predicted molar refractivity (Wildman–Crippen MR) is 97.0 cm³/mol. The van der Waals surface area contributed by atoms with E-state index in [1.807, 2.05) is 19.1 Å². The van der Waals surface area contributed by atoms with E-state index in [1.165, 1.54) is 0 Å². The zero-order valence-corrected chi connectivity index (χ0v) is 13.7. The van der Waals surface area contributed by atoms with E-state index in [9.17, 15) is 9.59 Å². The quantitative estimate of drug-likeness (QED) is 0.567. The molecule has 0 aliphatic heterocycles. The lowest BCUT2D eigenvalue weighted by Crippen LogP contribution is -2.17. The van der Waals surface area contributed by atoms with Crippen molar-refractivity contribution in [2.24, 2.45) is 0 Å². The summed E-state index contributed by atoms with van der Waals surface area (Å²) in [5, 5.41) is 2.79. The van der Waals surface area contributed by atoms with E-state index in [-0.39, 0.29) is 5.91 Å². The Balaban J connectivity index is 1.85. The van der Waals surface area contributed by atoms with Crippen molar-refractivity contribution >= 4 is 17.6 Å². The minimum absolute atomic E-state index is 0.278. The van der Waals surface area contributed by atoms with Crippen molar-refractivity contribution in [3.8, 4) is 5.75 Å². The van der Waals surface area contributed by atoms with Gasteiger partial charge < -0.3 is 10.1 Å². The summed E-state index contributed by atoms with van der Waals surface area (Å²) in [6, 6.07) is 22.9. The van der Waals surface area contributed by atoms with Crippen LogP contribution in [0.5, 0.6) is 5.75 Å². The zero-order chi connectivity index (χ0) is 17.6. The summed E-state index contributed by atoms with van der Waals surface area (Å²) in [5.74, 6) is -0.345. The van der Waals surface area contributed by atoms with E-state index < -0.39 is 5.97 Å². The van der Waals surface area contributed by atoms with E-state index in [0.717, 1.165) is 5.56 Å². The van der Waals surface area contributed by atoms with Crippen LogP contribution >= 0.6 is 0 Å². The lowest BCUT2D eigenvalue weighted by molar-refractivity contribution is 0.0736. The van der Waals surface area contributed by atoms with Gasteiger partial charge in [0, 0.05) is 5.56 Å². The smallest absolute Gasteiger partial charge is 0.345 e. The number of hydrogen-bond donors (Lipinski definition) is 1. The van der Waals surface area contributed by atoms with Crippen LogP contribution in [0.1, 0.15) is 26.3 Å². The standard InChI is InChI=1S/C21H17NO3/c1-15-12-13-18(21(24)25-17-10-6-3-7-11-17)19(14-15)22-20(23)16-8-4-2-5-9-16/h2-14H,1H3,(H,22,23). The number of rotatable bonds is 4. The Morgan fingerprint density at radius 1 is 0.840 bits per heavy atom. The van der Waals surface area contributed by atoms with Crippen LogP contribution in [0.15, 0.2) is 78.9 Å². The first-order chi connectivity index (χ1) is 12.1. The van der Waals surface area contributed by atoms with Gasteiger partial charge in [0.05, 0.1) is 11.3 Å². The minimum atomic E-state index is -0.519. The number of carbonyl (C=O) groups is 2. The normalized spacial score (nSPS) is 10.1. The van der Waals surface area contributed by atoms with Crippen molar-refractivity contribution in [1.29, 1.82) is 0 Å². The number of hydrogen-bond acceptors (Lipinski definition) is 3. The zero-order valence-electron chi connectivity index (χ0n) is 13.7. The average Bonchev–Trinajstić information content (AvgIpc) is 2.63. The van der Waals surface area contributed by atoms with E-state index in [1.54, 1.807) is 66.7 Å². The number of para-hydroxylation sites is 1. The fraction of sp³-hybridized carbons (Fsp3) is 0.0476. The predicted octanol–water partition coefficient (Wildman–Crippen LogP) is 4.47. The van der Waals surface area contributed by atoms with Crippen molar-refractivity contribution in [3.63, 3.8) is 0 Å². The highest BCUT2D eigenvalue weighted by molar-refractivity contribution is 6.08. The monoisotopic (exact) mass is 331 g/mol. The maximum absolute atomic E-state index is 12.5. The number of carbonyl (C=O) groups excluding carboxylic acids is 2. The van der Waals surface area contributed by atoms with Crippen molar-refractivity contribution in [2.45, 2.75) is 6.92 Å². The van der Waals surface area contributed by atoms with Crippen molar-refractivity contribution in [2.75, 3.05) is 5.32 Å². The van der Waals surface area contributed by atoms with E-state index in [0.29, 0.717) is 22.6 Å². The molecule has 3 rings (SSSR count). The van der Waals surface area contributed by atoms with E-state index in [4.69, 9.17) is 4.74 Å². The van der Waals surface area contributed by atoms with Gasteiger partial charge in [-0.25, -0.2) is 4.79 Å². The summed E-state index contributed by atoms with van der Waals surface area (Å²) in [4.78, 5) is 24.9. The van der Waals surface area contributed by atoms with E-state index >= 15 is 0 Å². The fourth-order valence-electron chi connectivity index (χ4n) is 2.37. The Labute approximate surface area is 146 Å². The molecule has 3 aromatic carbocycles. The Hall–Kier alpha value is -3.40. The van der Waals surface area contributed by atoms with Gasteiger partial charge in [-0.1, -0.05) is 42.5 Å². The topological polar surface area (TPSA) is 55.4 Å². The van der Waals surface area contributed by atoms with Crippen molar-refractivity contribution in [1.82, 2.24) is 0 Å². The maximum Gasteiger partial charge on any atom is 0.345 e. The van der Waals surface area contributed by atoms with Gasteiger partial charge in [0.25, 0.3) is 5.91 Å². The van der Waals surface area contributed by atoms with Crippen LogP contribution in [-0.2, 0) is 0 Å². The molecule has 0 bridgehead atoms. The summed E-state index contributed by atoms with van der Waals surface area (Å²) in [6.07, 6.45) is 0. The third-order valence-corrected chi connectivity index (χ3v) is 3.63. The summed E-state index contributed by atoms with van der Waals surface area (Å²) in [6.45, 7) is 1.89. The molecule has 0 unspecified atom stereocenters. The summed E-state index contributed by atoms with van der Waals surface area (Å²) in [7, 11) is 0. The number of aryl methyl sites for hydroxylation is 1. The van der Waals surface area contributed by atoms with Gasteiger partial charge >= 0.3 is 5.97 Å². The molecule has 0 heterocycles. The average molecular weight is 331 g/mol. The Morgan fingerprint density at radius 3 is 2.16 bits per heavy atom. The maximum atomic E-state index is 12.5. The molecule has 0 aliphatic rings. The van der Waals surface area contributed by atoms with Crippen LogP contribution in [0.25, 0.3) is 0 Å². The molecule has 0 aliphatic carbocycles. The molecular formula is C21H17NO3. The second-order valence-corrected chi connectivity index (χ2v) is 5.57. The Bertz CT molecular complexity index is 890. The molecule has 124 valence electrons. The molecule has 1 amide bonds. The third kappa shape index (κ3) is 4.12. The molecule has 25 heavy (non-hydrogen) atoms. The molecule has 1 N–H and O–H groups in total. The highest BCUT2D eigenvalue weighted by atomic mass is 16.5. The van der Waals surface area contributed by atoms with Crippen LogP contribution in [0.2, 0.25) is 0 Å². The minimum Gasteiger partial charge on any atom is -0.423 e. The van der Waals surface area contributed by atoms with Crippen LogP contribution in [-0.4, -0.2) is 11.9 Å². The Morgan fingerprint density at radius 2 is 1.48 bits per heavy atom. The molecule has 0 saturated heterocycles. The molecular weight excluding hydrogens is 314 g/mol. The number of ether oxygens (including phenoxy) is 1. The van der Waals surface area contributed by atoms with E-state index in [2.05, 4.69) is 5.32 Å². The number of benzene rings is 3. The first kappa shape index (κ1) is 16.5. The molecule has 0 spiro atoms. The third-order valence-electron chi connectivity index (χ3n) is 3.63. The van der Waals surface area contributed by atoms with Gasteiger partial charge in [-0.05, 0) is 48.9 Å². The largest absolute Gasteiger partial charge is 0.423 e. The molecule has 4 heteroatoms. The number of nitrogens with one attached hydrogen (secondary N) is 1. The molecule has 3 aromatic rings. The number of esters is 1. The first-order valence-electron chi connectivity index (χ1n) is 7.88. The highest BCUT2D eigenvalue weighted by Crippen LogP contribution is 2.21. The first-order valence-corrected chi connectivity index (χ1v) is 7.88. The van der Waals surface area contributed by atoms with Gasteiger partial charge in [-0.3, -0.25) is 4.79 Å². The van der Waals surface area contributed by atoms with Gasteiger partial charge in [0.1, 0.15) is 5.75 Å². The van der Waals surface area contributed by atoms with Gasteiger partial charge in [-0.2, -0.15) is 0 Å². The molecule has 0 saturated carbocycles. The molecule has 0 fully saturated rings. The lowest BCUT2D eigenvalue weighted by atomic mass is 10.1. The van der Waals surface area contributed by atoms with Crippen LogP contribution in [0.4, 0.5) is 5.69 Å². The van der Waals surface area contributed by atoms with Crippen LogP contribution in [0, 0.1) is 6.92 Å². The molecule has 0 atom stereocenters. The molecule has 4 nitrogen and oxygen atoms in total. The second kappa shape index (κ2) is 7.45. The Kier molecular flexibility index (Phi) is 4.90. The SMILES string of the molecule is Cc1ccc(C(=O)Oc2ccccc2)c(NC(=O)c2ccccc2)c1. The van der Waals surface area contributed by atoms with Crippen LogP contribution < -0.4 is 10.1 Å².